The molecule has 0 atom stereocenters. The van der Waals surface area contributed by atoms with E-state index in [4.69, 9.17) is 9.57 Å². The maximum atomic E-state index is 11.5. The van der Waals surface area contributed by atoms with Crippen molar-refractivity contribution in [3.05, 3.63) is 70.3 Å². The van der Waals surface area contributed by atoms with E-state index in [1.165, 1.54) is 24.3 Å². The van der Waals surface area contributed by atoms with E-state index in [1.54, 1.807) is 0 Å². The molecule has 1 N–H and O–H groups in total. The second-order valence-corrected chi connectivity index (χ2v) is 4.34. The Morgan fingerprint density at radius 1 is 1.14 bits per heavy atom. The van der Waals surface area contributed by atoms with Crippen LogP contribution in [-0.4, -0.2) is 17.4 Å². The van der Waals surface area contributed by atoms with Crippen LogP contribution >= 0.6 is 0 Å². The van der Waals surface area contributed by atoms with Gasteiger partial charge in [-0.15, -0.1) is 0 Å². The lowest BCUT2D eigenvalue weighted by Gasteiger charge is -2.07. The zero-order valence-electron chi connectivity index (χ0n) is 11.6. The normalized spacial score (nSPS) is 10.0. The summed E-state index contributed by atoms with van der Waals surface area (Å²) in [7, 11) is 0. The number of hydrogen-bond donors (Lipinski definition) is 1. The van der Waals surface area contributed by atoms with Gasteiger partial charge in [-0.05, 0) is 11.6 Å². The lowest BCUT2D eigenvalue weighted by molar-refractivity contribution is -0.384. The number of ether oxygens (including phenoxy) is 1. The van der Waals surface area contributed by atoms with E-state index < -0.39 is 10.8 Å². The molecule has 114 valence electrons. The fourth-order valence-electron chi connectivity index (χ4n) is 1.64. The fourth-order valence-corrected chi connectivity index (χ4v) is 1.64. The number of rotatable bonds is 7. The number of carbonyl (C=O) groups excluding carboxylic acids is 1. The number of carbonyl (C=O) groups is 1. The molecule has 0 aromatic heterocycles. The predicted octanol–water partition coefficient (Wildman–Crippen LogP) is 2.22. The third-order valence-corrected chi connectivity index (χ3v) is 2.67. The summed E-state index contributed by atoms with van der Waals surface area (Å²) in [6.07, 6.45) is 0. The first-order valence-corrected chi connectivity index (χ1v) is 6.47. The van der Waals surface area contributed by atoms with Crippen molar-refractivity contribution in [1.29, 1.82) is 0 Å². The zero-order chi connectivity index (χ0) is 15.8. The molecule has 0 aliphatic rings. The number of hydrogen-bond acceptors (Lipinski definition) is 5. The van der Waals surface area contributed by atoms with Crippen LogP contribution in [0.2, 0.25) is 0 Å². The molecular weight excluding hydrogens is 288 g/mol. The number of hydroxylamine groups is 1. The van der Waals surface area contributed by atoms with E-state index in [2.05, 4.69) is 5.48 Å². The molecule has 0 fully saturated rings. The van der Waals surface area contributed by atoms with E-state index in [1.807, 2.05) is 30.3 Å². The van der Waals surface area contributed by atoms with Gasteiger partial charge in [0.1, 0.15) is 5.75 Å². The minimum Gasteiger partial charge on any atom is -0.483 e. The summed E-state index contributed by atoms with van der Waals surface area (Å²) in [4.78, 5) is 26.7. The Bertz CT molecular complexity index is 645. The van der Waals surface area contributed by atoms with Crippen LogP contribution in [-0.2, 0) is 16.2 Å². The lowest BCUT2D eigenvalue weighted by atomic mass is 10.2. The Hall–Kier alpha value is -2.93. The minimum absolute atomic E-state index is 0.0989. The van der Waals surface area contributed by atoms with Crippen molar-refractivity contribution in [3.63, 3.8) is 0 Å². The highest BCUT2D eigenvalue weighted by Gasteiger charge is 2.08. The zero-order valence-corrected chi connectivity index (χ0v) is 11.6. The molecule has 0 radical (unpaired) electrons. The van der Waals surface area contributed by atoms with Gasteiger partial charge >= 0.3 is 0 Å². The Balaban J connectivity index is 1.73. The molecule has 0 heterocycles. The van der Waals surface area contributed by atoms with E-state index in [-0.39, 0.29) is 24.7 Å². The van der Waals surface area contributed by atoms with Gasteiger partial charge in [-0.25, -0.2) is 5.48 Å². The third-order valence-electron chi connectivity index (χ3n) is 2.67. The quantitative estimate of drug-likeness (QED) is 0.625. The van der Waals surface area contributed by atoms with Crippen LogP contribution in [0.3, 0.4) is 0 Å². The topological polar surface area (TPSA) is 90.7 Å². The number of nitrogens with zero attached hydrogens (tertiary/aromatic N) is 1. The number of non-ortho nitro benzene ring substituents is 1. The highest BCUT2D eigenvalue weighted by atomic mass is 16.7. The van der Waals surface area contributed by atoms with Gasteiger partial charge in [0.15, 0.2) is 6.61 Å². The van der Waals surface area contributed by atoms with Crippen LogP contribution in [0.25, 0.3) is 0 Å². The van der Waals surface area contributed by atoms with Crippen molar-refractivity contribution in [2.24, 2.45) is 0 Å². The minimum atomic E-state index is -0.532. The maximum absolute atomic E-state index is 11.5. The summed E-state index contributed by atoms with van der Waals surface area (Å²) in [5.41, 5.74) is 3.06. The van der Waals surface area contributed by atoms with E-state index >= 15 is 0 Å². The monoisotopic (exact) mass is 302 g/mol. The van der Waals surface area contributed by atoms with E-state index in [0.717, 1.165) is 5.56 Å². The average molecular weight is 302 g/mol. The molecule has 22 heavy (non-hydrogen) atoms. The molecule has 7 heteroatoms. The van der Waals surface area contributed by atoms with Crippen molar-refractivity contribution < 1.29 is 19.3 Å². The van der Waals surface area contributed by atoms with Crippen LogP contribution < -0.4 is 10.2 Å². The molecule has 2 rings (SSSR count). The number of nitro benzene ring substituents is 1. The number of nitrogens with one attached hydrogen (secondary N) is 1. The molecule has 0 saturated heterocycles. The number of nitro groups is 1. The summed E-state index contributed by atoms with van der Waals surface area (Å²) in [5.74, 6) is -0.241. The van der Waals surface area contributed by atoms with E-state index in [9.17, 15) is 14.9 Å². The first-order chi connectivity index (χ1) is 10.6. The van der Waals surface area contributed by atoms with Gasteiger partial charge in [0.25, 0.3) is 11.6 Å². The molecular formula is C15H14N2O5. The van der Waals surface area contributed by atoms with Gasteiger partial charge in [-0.1, -0.05) is 36.4 Å². The first-order valence-electron chi connectivity index (χ1n) is 6.47. The van der Waals surface area contributed by atoms with Crippen molar-refractivity contribution in [2.75, 3.05) is 6.61 Å². The Labute approximate surface area is 126 Å². The van der Waals surface area contributed by atoms with Crippen molar-refractivity contribution in [3.8, 4) is 5.75 Å². The summed E-state index contributed by atoms with van der Waals surface area (Å²) in [5, 5.41) is 10.6. The molecule has 1 amide bonds. The van der Waals surface area contributed by atoms with Gasteiger partial charge in [0, 0.05) is 6.07 Å². The smallest absolute Gasteiger partial charge is 0.281 e. The Morgan fingerprint density at radius 2 is 1.91 bits per heavy atom. The van der Waals surface area contributed by atoms with Gasteiger partial charge < -0.3 is 4.74 Å². The molecule has 2 aromatic rings. The molecule has 7 nitrogen and oxygen atoms in total. The van der Waals surface area contributed by atoms with Gasteiger partial charge in [-0.2, -0.15) is 0 Å². The van der Waals surface area contributed by atoms with Crippen molar-refractivity contribution in [1.82, 2.24) is 5.48 Å². The molecule has 0 aliphatic heterocycles. The molecule has 2 aromatic carbocycles. The molecule has 0 bridgehead atoms. The highest BCUT2D eigenvalue weighted by molar-refractivity contribution is 5.76. The second kappa shape index (κ2) is 7.75. The largest absolute Gasteiger partial charge is 0.483 e. The van der Waals surface area contributed by atoms with Crippen LogP contribution in [0, 0.1) is 10.1 Å². The molecule has 0 aliphatic carbocycles. The first kappa shape index (κ1) is 15.5. The average Bonchev–Trinajstić information content (AvgIpc) is 2.54. The fraction of sp³-hybridized carbons (Fsp3) is 0.133. The predicted molar refractivity (Wildman–Crippen MR) is 78.0 cm³/mol. The molecule has 0 unspecified atom stereocenters. The molecule has 0 saturated carbocycles. The molecule has 0 spiro atoms. The SMILES string of the molecule is O=C(COc1cccc([N+](=O)[O-])c1)NOCc1ccccc1. The maximum Gasteiger partial charge on any atom is 0.281 e. The van der Waals surface area contributed by atoms with Crippen LogP contribution in [0.15, 0.2) is 54.6 Å². The number of benzene rings is 2. The number of amides is 1. The Morgan fingerprint density at radius 3 is 2.64 bits per heavy atom. The van der Waals surface area contributed by atoms with Gasteiger partial charge in [0.2, 0.25) is 0 Å². The summed E-state index contributed by atoms with van der Waals surface area (Å²) >= 11 is 0. The summed E-state index contributed by atoms with van der Waals surface area (Å²) in [6.45, 7) is -0.0562. The summed E-state index contributed by atoms with van der Waals surface area (Å²) < 4.78 is 5.16. The highest BCUT2D eigenvalue weighted by Crippen LogP contribution is 2.18. The van der Waals surface area contributed by atoms with Crippen LogP contribution in [0.4, 0.5) is 5.69 Å². The van der Waals surface area contributed by atoms with Gasteiger partial charge in [0.05, 0.1) is 17.6 Å². The summed E-state index contributed by atoms with van der Waals surface area (Å²) in [6, 6.07) is 15.0. The van der Waals surface area contributed by atoms with Crippen molar-refractivity contribution in [2.45, 2.75) is 6.61 Å². The third kappa shape index (κ3) is 4.88. The second-order valence-electron chi connectivity index (χ2n) is 4.34. The van der Waals surface area contributed by atoms with Gasteiger partial charge in [-0.3, -0.25) is 19.7 Å². The van der Waals surface area contributed by atoms with Crippen LogP contribution in [0.5, 0.6) is 5.75 Å². The van der Waals surface area contributed by atoms with Crippen molar-refractivity contribution >= 4 is 11.6 Å². The standard InChI is InChI=1S/C15H14N2O5/c18-15(16-22-10-12-5-2-1-3-6-12)11-21-14-8-4-7-13(9-14)17(19)20/h1-9H,10-11H2,(H,16,18). The lowest BCUT2D eigenvalue weighted by Crippen LogP contribution is -2.28. The van der Waals surface area contributed by atoms with Crippen LogP contribution in [0.1, 0.15) is 5.56 Å². The Kier molecular flexibility index (Phi) is 5.44. The van der Waals surface area contributed by atoms with E-state index in [0.29, 0.717) is 0 Å².